The van der Waals surface area contributed by atoms with Gasteiger partial charge < -0.3 is 4.74 Å². The lowest BCUT2D eigenvalue weighted by atomic mass is 9.74. The lowest BCUT2D eigenvalue weighted by Gasteiger charge is -2.47. The molecule has 182 valence electrons. The molecule has 3 aromatic carbocycles. The van der Waals surface area contributed by atoms with Crippen molar-refractivity contribution in [2.45, 2.75) is 31.4 Å². The molecule has 0 spiro atoms. The number of sulfonamides is 1. The maximum Gasteiger partial charge on any atom is 0.229 e. The highest BCUT2D eigenvalue weighted by Gasteiger charge is 2.55. The van der Waals surface area contributed by atoms with Crippen molar-refractivity contribution in [2.24, 2.45) is 11.8 Å². The van der Waals surface area contributed by atoms with Gasteiger partial charge in [-0.25, -0.2) is 8.42 Å². The summed E-state index contributed by atoms with van der Waals surface area (Å²) in [5.41, 5.74) is 8.30. The lowest BCUT2D eigenvalue weighted by molar-refractivity contribution is -0.120. The molecule has 0 amide bonds. The first-order valence-electron chi connectivity index (χ1n) is 12.4. The Labute approximate surface area is 208 Å². The number of nitrogens with one attached hydrogen (secondary N) is 1. The van der Waals surface area contributed by atoms with E-state index in [1.54, 1.807) is 6.07 Å². The molecule has 0 radical (unpaired) electrons. The van der Waals surface area contributed by atoms with Crippen LogP contribution in [0.5, 0.6) is 0 Å². The van der Waals surface area contributed by atoms with Crippen molar-refractivity contribution in [1.82, 2.24) is 4.90 Å². The van der Waals surface area contributed by atoms with Gasteiger partial charge in [-0.05, 0) is 64.8 Å². The minimum absolute atomic E-state index is 0.370. The quantitative estimate of drug-likeness (QED) is 0.414. The molecular weight excluding hydrogens is 456 g/mol. The molecule has 1 saturated heterocycles. The number of rotatable bonds is 6. The standard InChI is InChI=1S/C29H32N2O3S/c1-34-29(23-7-5-8-26(16-23)30-35(2,32)33)24-11-12-25(29)19-31(18-24)17-20-10-13-28-22(14-20)15-21-6-3-4-9-27(21)28/h3-10,13-14,16,24-25,30H,11-12,15,17-19H2,1-2H3. The number of piperidine rings is 1. The normalized spacial score (nSPS) is 25.3. The van der Waals surface area contributed by atoms with Crippen LogP contribution in [0.15, 0.2) is 66.7 Å². The van der Waals surface area contributed by atoms with E-state index in [-0.39, 0.29) is 5.60 Å². The Morgan fingerprint density at radius 1 is 0.943 bits per heavy atom. The second-order valence-corrected chi connectivity index (χ2v) is 12.2. The predicted octanol–water partition coefficient (Wildman–Crippen LogP) is 5.01. The molecule has 0 aromatic heterocycles. The molecule has 2 fully saturated rings. The van der Waals surface area contributed by atoms with Crippen LogP contribution in [0.2, 0.25) is 0 Å². The number of nitrogens with zero attached hydrogens (tertiary/aromatic N) is 1. The zero-order valence-electron chi connectivity index (χ0n) is 20.3. The first-order valence-corrected chi connectivity index (χ1v) is 14.3. The largest absolute Gasteiger partial charge is 0.373 e. The Hall–Kier alpha value is -2.67. The molecule has 1 aliphatic heterocycles. The summed E-state index contributed by atoms with van der Waals surface area (Å²) in [7, 11) is -1.51. The molecule has 6 rings (SSSR count). The summed E-state index contributed by atoms with van der Waals surface area (Å²) >= 11 is 0. The van der Waals surface area contributed by atoms with E-state index >= 15 is 0 Å². The van der Waals surface area contributed by atoms with Gasteiger partial charge in [-0.2, -0.15) is 0 Å². The number of anilines is 1. The summed E-state index contributed by atoms with van der Waals surface area (Å²) in [6.45, 7) is 2.91. The zero-order valence-corrected chi connectivity index (χ0v) is 21.1. The summed E-state index contributed by atoms with van der Waals surface area (Å²) in [4.78, 5) is 2.59. The van der Waals surface area contributed by atoms with Gasteiger partial charge in [0.1, 0.15) is 5.60 Å². The number of hydrogen-bond acceptors (Lipinski definition) is 4. The van der Waals surface area contributed by atoms with Crippen LogP contribution in [0.25, 0.3) is 11.1 Å². The smallest absolute Gasteiger partial charge is 0.229 e. The van der Waals surface area contributed by atoms with Crippen molar-refractivity contribution >= 4 is 15.7 Å². The molecule has 6 heteroatoms. The second-order valence-electron chi connectivity index (χ2n) is 10.4. The van der Waals surface area contributed by atoms with Gasteiger partial charge in [-0.15, -0.1) is 0 Å². The van der Waals surface area contributed by atoms with Gasteiger partial charge in [0.2, 0.25) is 10.0 Å². The van der Waals surface area contributed by atoms with Crippen molar-refractivity contribution in [3.05, 3.63) is 89.0 Å². The minimum Gasteiger partial charge on any atom is -0.373 e. The highest BCUT2D eigenvalue weighted by Crippen LogP contribution is 2.54. The van der Waals surface area contributed by atoms with Gasteiger partial charge in [0, 0.05) is 44.3 Å². The van der Waals surface area contributed by atoms with Crippen LogP contribution >= 0.6 is 0 Å². The summed E-state index contributed by atoms with van der Waals surface area (Å²) < 4.78 is 32.5. The van der Waals surface area contributed by atoms with E-state index in [1.807, 2.05) is 19.2 Å². The Balaban J connectivity index is 1.22. The average molecular weight is 489 g/mol. The van der Waals surface area contributed by atoms with Crippen LogP contribution in [0.3, 0.4) is 0 Å². The second kappa shape index (κ2) is 8.47. The van der Waals surface area contributed by atoms with Crippen molar-refractivity contribution in [3.8, 4) is 11.1 Å². The molecule has 3 aromatic rings. The number of benzene rings is 3. The molecule has 2 bridgehead atoms. The van der Waals surface area contributed by atoms with Crippen LogP contribution in [-0.4, -0.2) is 39.8 Å². The molecule has 1 heterocycles. The van der Waals surface area contributed by atoms with Gasteiger partial charge in [-0.3, -0.25) is 9.62 Å². The first-order chi connectivity index (χ1) is 16.9. The fraction of sp³-hybridized carbons (Fsp3) is 0.379. The fourth-order valence-corrected chi connectivity index (χ4v) is 7.52. The van der Waals surface area contributed by atoms with E-state index in [0.29, 0.717) is 17.5 Å². The molecule has 1 saturated carbocycles. The van der Waals surface area contributed by atoms with Crippen LogP contribution < -0.4 is 4.72 Å². The molecule has 2 unspecified atom stereocenters. The molecule has 5 nitrogen and oxygen atoms in total. The lowest BCUT2D eigenvalue weighted by Crippen LogP contribution is -2.52. The number of fused-ring (bicyclic) bond motifs is 5. The monoisotopic (exact) mass is 488 g/mol. The van der Waals surface area contributed by atoms with Crippen molar-refractivity contribution in [2.75, 3.05) is 31.2 Å². The third-order valence-electron chi connectivity index (χ3n) is 8.25. The van der Waals surface area contributed by atoms with E-state index in [2.05, 4.69) is 58.2 Å². The van der Waals surface area contributed by atoms with Crippen molar-refractivity contribution < 1.29 is 13.2 Å². The van der Waals surface area contributed by atoms with Gasteiger partial charge in [0.25, 0.3) is 0 Å². The number of methoxy groups -OCH3 is 1. The molecule has 2 atom stereocenters. The van der Waals surface area contributed by atoms with Crippen LogP contribution in [-0.2, 0) is 33.3 Å². The predicted molar refractivity (Wildman–Crippen MR) is 140 cm³/mol. The Morgan fingerprint density at radius 2 is 1.69 bits per heavy atom. The third kappa shape index (κ3) is 3.98. The molecular formula is C29H32N2O3S. The number of ether oxygens (including phenoxy) is 1. The maximum atomic E-state index is 11.8. The van der Waals surface area contributed by atoms with Gasteiger partial charge in [-0.1, -0.05) is 54.6 Å². The van der Waals surface area contributed by atoms with E-state index in [9.17, 15) is 8.42 Å². The Bertz CT molecular complexity index is 1370. The fourth-order valence-electron chi connectivity index (χ4n) is 6.96. The molecule has 35 heavy (non-hydrogen) atoms. The van der Waals surface area contributed by atoms with Gasteiger partial charge >= 0.3 is 0 Å². The van der Waals surface area contributed by atoms with Crippen molar-refractivity contribution in [1.29, 1.82) is 0 Å². The summed E-state index contributed by atoms with van der Waals surface area (Å²) in [6.07, 6.45) is 4.46. The van der Waals surface area contributed by atoms with Crippen LogP contribution in [0.1, 0.15) is 35.1 Å². The topological polar surface area (TPSA) is 58.6 Å². The highest BCUT2D eigenvalue weighted by atomic mass is 32.2. The zero-order chi connectivity index (χ0) is 24.2. The highest BCUT2D eigenvalue weighted by molar-refractivity contribution is 7.92. The Kier molecular flexibility index (Phi) is 5.51. The minimum atomic E-state index is -3.33. The number of hydrogen-bond donors (Lipinski definition) is 1. The Morgan fingerprint density at radius 3 is 2.43 bits per heavy atom. The van der Waals surface area contributed by atoms with Crippen LogP contribution in [0.4, 0.5) is 5.69 Å². The molecule has 3 aliphatic rings. The maximum absolute atomic E-state index is 11.8. The molecule has 1 N–H and O–H groups in total. The summed E-state index contributed by atoms with van der Waals surface area (Å²) in [5.74, 6) is 0.747. The summed E-state index contributed by atoms with van der Waals surface area (Å²) in [5, 5.41) is 0. The SMILES string of the molecule is COC1(c2cccc(NS(C)(=O)=O)c2)C2CCC1CN(Cc1ccc3c(c1)Cc1ccccc1-3)C2. The van der Waals surface area contributed by atoms with E-state index < -0.39 is 10.0 Å². The van der Waals surface area contributed by atoms with E-state index in [0.717, 1.165) is 44.5 Å². The van der Waals surface area contributed by atoms with E-state index in [4.69, 9.17) is 4.74 Å². The van der Waals surface area contributed by atoms with Crippen LogP contribution in [0, 0.1) is 11.8 Å². The molecule has 2 aliphatic carbocycles. The third-order valence-corrected chi connectivity index (χ3v) is 8.86. The van der Waals surface area contributed by atoms with Gasteiger partial charge in [0.05, 0.1) is 6.26 Å². The first kappa shape index (κ1) is 22.8. The number of likely N-dealkylation sites (tertiary alicyclic amines) is 1. The van der Waals surface area contributed by atoms with Crippen molar-refractivity contribution in [3.63, 3.8) is 0 Å². The summed E-state index contributed by atoms with van der Waals surface area (Å²) in [6, 6.07) is 23.5. The van der Waals surface area contributed by atoms with Gasteiger partial charge in [0.15, 0.2) is 0 Å². The van der Waals surface area contributed by atoms with E-state index in [1.165, 1.54) is 34.1 Å². The average Bonchev–Trinajstić information content (AvgIpc) is 3.28.